The van der Waals surface area contributed by atoms with Crippen molar-refractivity contribution in [1.29, 1.82) is 0 Å². The predicted molar refractivity (Wildman–Crippen MR) is 665 cm³/mol. The number of piperidine rings is 1. The first kappa shape index (κ1) is 144. The van der Waals surface area contributed by atoms with Crippen molar-refractivity contribution in [3.05, 3.63) is 0 Å². The lowest BCUT2D eigenvalue weighted by Gasteiger charge is -2.44. The second-order valence-electron chi connectivity index (χ2n) is 68.8. The van der Waals surface area contributed by atoms with Crippen LogP contribution >= 0.6 is 0 Å². The van der Waals surface area contributed by atoms with E-state index in [0.717, 1.165) is 89.5 Å². The monoisotopic (exact) mass is 2050 g/mol. The molecule has 1 aliphatic heterocycles. The van der Waals surface area contributed by atoms with Crippen molar-refractivity contribution in [3.8, 4) is 0 Å². The van der Waals surface area contributed by atoms with Gasteiger partial charge in [0.05, 0.1) is 0 Å². The Kier molecular flexibility index (Phi) is 66.9. The zero-order chi connectivity index (χ0) is 112. The molecule has 8 aliphatic rings. The molecule has 7 nitrogen and oxygen atoms in total. The maximum atomic E-state index is 3.81. The van der Waals surface area contributed by atoms with Gasteiger partial charge in [0.1, 0.15) is 0 Å². The summed E-state index contributed by atoms with van der Waals surface area (Å²) in [6.07, 6.45) is 74.3. The second kappa shape index (κ2) is 68.0. The van der Waals surface area contributed by atoms with E-state index < -0.39 is 0 Å². The lowest BCUT2D eigenvalue weighted by Crippen LogP contribution is -2.47. The van der Waals surface area contributed by atoms with Crippen molar-refractivity contribution in [3.63, 3.8) is 0 Å². The summed E-state index contributed by atoms with van der Waals surface area (Å²) in [7, 11) is 0. The van der Waals surface area contributed by atoms with E-state index in [1.165, 1.54) is 386 Å². The van der Waals surface area contributed by atoms with Gasteiger partial charge in [-0.25, -0.2) is 0 Å². The van der Waals surface area contributed by atoms with E-state index >= 15 is 0 Å². The fourth-order valence-electron chi connectivity index (χ4n) is 25.5. The lowest BCUT2D eigenvalue weighted by molar-refractivity contribution is 0.0532. The maximum absolute atomic E-state index is 3.81. The Labute approximate surface area is 925 Å². The molecule has 0 atom stereocenters. The Morgan fingerprint density at radius 3 is 0.541 bits per heavy atom. The summed E-state index contributed by atoms with van der Waals surface area (Å²) in [4.78, 5) is 2.62. The number of likely N-dealkylation sites (tertiary alicyclic amines) is 1. The van der Waals surface area contributed by atoms with Crippen molar-refractivity contribution in [2.75, 3.05) is 45.8 Å². The van der Waals surface area contributed by atoms with Crippen molar-refractivity contribution in [2.45, 2.75) is 720 Å². The quantitative estimate of drug-likeness (QED) is 0.0359. The molecule has 7 heteroatoms. The fourth-order valence-corrected chi connectivity index (χ4v) is 25.5. The minimum absolute atomic E-state index is 0.277. The Morgan fingerprint density at radius 1 is 0.164 bits per heavy atom. The molecule has 1 saturated heterocycles. The van der Waals surface area contributed by atoms with Gasteiger partial charge in [0.25, 0.3) is 0 Å². The highest BCUT2D eigenvalue weighted by molar-refractivity contribution is 4.93. The smallest absolute Gasteiger partial charge is 0.0125 e. The van der Waals surface area contributed by atoms with Crippen LogP contribution in [0.4, 0.5) is 0 Å². The molecular formula is C139H285N7. The first-order valence-electron chi connectivity index (χ1n) is 64.7. The van der Waals surface area contributed by atoms with Crippen LogP contribution in [-0.2, 0) is 0 Å². The molecule has 0 aromatic heterocycles. The summed E-state index contributed by atoms with van der Waals surface area (Å²) in [6.45, 7) is 122. The number of nitrogens with zero attached hydrogens (tertiary/aromatic N) is 1. The Hall–Kier alpha value is -0.280. The molecule has 8 rings (SSSR count). The van der Waals surface area contributed by atoms with Crippen LogP contribution in [0.15, 0.2) is 0 Å². The largest absolute Gasteiger partial charge is 0.314 e. The third kappa shape index (κ3) is 76.4. The van der Waals surface area contributed by atoms with Crippen LogP contribution in [0.3, 0.4) is 0 Å². The van der Waals surface area contributed by atoms with Gasteiger partial charge in [-0.15, -0.1) is 0 Å². The first-order valence-corrected chi connectivity index (χ1v) is 64.7. The van der Waals surface area contributed by atoms with Crippen LogP contribution in [0.2, 0.25) is 0 Å². The second-order valence-corrected chi connectivity index (χ2v) is 68.8. The fraction of sp³-hybridized carbons (Fsp3) is 1.00. The van der Waals surface area contributed by atoms with Gasteiger partial charge in [-0.3, -0.25) is 4.90 Å². The van der Waals surface area contributed by atoms with Crippen LogP contribution in [0.25, 0.3) is 0 Å². The van der Waals surface area contributed by atoms with Crippen molar-refractivity contribution >= 4 is 0 Å². The third-order valence-corrected chi connectivity index (χ3v) is 36.8. The maximum Gasteiger partial charge on any atom is 0.0125 e. The van der Waals surface area contributed by atoms with Gasteiger partial charge in [0.2, 0.25) is 0 Å². The summed E-state index contributed by atoms with van der Waals surface area (Å²) in [5.74, 6) is 8.54. The molecular weight excluding hydrogens is 1770 g/mol. The first-order chi connectivity index (χ1) is 66.5. The van der Waals surface area contributed by atoms with Gasteiger partial charge in [0, 0.05) is 47.3 Å². The van der Waals surface area contributed by atoms with Gasteiger partial charge in [-0.05, 0) is 467 Å². The van der Waals surface area contributed by atoms with E-state index in [4.69, 9.17) is 0 Å². The summed E-state index contributed by atoms with van der Waals surface area (Å²) >= 11 is 0. The zero-order valence-electron chi connectivity index (χ0n) is 111. The number of hydrogen-bond acceptors (Lipinski definition) is 7. The molecule has 8 fully saturated rings. The van der Waals surface area contributed by atoms with Crippen LogP contribution < -0.4 is 31.9 Å². The zero-order valence-corrected chi connectivity index (χ0v) is 111. The van der Waals surface area contributed by atoms with Gasteiger partial charge in [-0.1, -0.05) is 381 Å². The highest BCUT2D eigenvalue weighted by Crippen LogP contribution is 2.47. The Morgan fingerprint density at radius 2 is 0.329 bits per heavy atom. The van der Waals surface area contributed by atoms with Gasteiger partial charge in [-0.2, -0.15) is 0 Å². The standard InChI is InChI=1S/C21H43N.C20H41N.C19H39N.C18H37N.C17H35N.C17H34.C14H29N.C13H27N/c1-20(2,3)16-10-8-7-9-11-17-22-19-14-12-18(13-15-19)21(4,5)6;1-19(2,3)15-9-7-8-10-16-21-18-13-11-17(12-14-18)20(4,5)6;1-18(2,3)14-8-7-9-15-20-17-12-10-16(11-13-17)19(4,5)6;1-17(2,3)13-7-8-14-19-16-11-9-15(10-12-16)18(4,5)6;1-16(2,3)12-7-13-18-15-10-8-14(9-11-15)17(4,5)6;1-16(2,3)13-7-8-14-9-11-15(12-10-14)17(4,5)6;1-13(2,3)11-7-9-12(10-8-11)15-14(4,5)6;1-12(2,3)11-7-9-14(10-8-11)13(4,5)6/h18-19,22H,7-17H2,1-6H3;17-18,21H,7-16H2,1-6H3;16-17,20H,7-15H2,1-6H3;15-16,19H,7-14H2,1-6H3;14-15,18H,7-13H2,1-6H3;14-15H,7-13H2,1-6H3;11-12,15H,7-10H2,1-6H3;11H,7-10H2,1-6H3. The van der Waals surface area contributed by atoms with Crippen LogP contribution in [0.1, 0.15) is 673 Å². The molecule has 0 bridgehead atoms. The molecule has 6 N–H and O–H groups in total. The summed E-state index contributed by atoms with van der Waals surface area (Å²) in [6, 6.07) is 4.76. The average Bonchev–Trinajstić information content (AvgIpc) is 0.835. The van der Waals surface area contributed by atoms with Crippen LogP contribution in [0.5, 0.6) is 0 Å². The summed E-state index contributed by atoms with van der Waals surface area (Å²) in [5.41, 5.74) is 7.83. The molecule has 0 unspecified atom stereocenters. The number of rotatable bonds is 34. The summed E-state index contributed by atoms with van der Waals surface area (Å²) in [5, 5.41) is 22.7. The van der Waals surface area contributed by atoms with E-state index in [1.54, 1.807) is 0 Å². The van der Waals surface area contributed by atoms with Crippen molar-refractivity contribution in [2.24, 2.45) is 129 Å². The van der Waals surface area contributed by atoms with E-state index in [1.807, 2.05) is 0 Å². The van der Waals surface area contributed by atoms with Crippen molar-refractivity contribution < 1.29 is 0 Å². The average molecular weight is 2050 g/mol. The van der Waals surface area contributed by atoms with Crippen molar-refractivity contribution in [1.82, 2.24) is 36.8 Å². The van der Waals surface area contributed by atoms with Crippen LogP contribution in [0, 0.1) is 129 Å². The van der Waals surface area contributed by atoms with Gasteiger partial charge in [0.15, 0.2) is 0 Å². The molecule has 0 spiro atoms. The van der Waals surface area contributed by atoms with E-state index in [0.29, 0.717) is 81.3 Å². The van der Waals surface area contributed by atoms with E-state index in [-0.39, 0.29) is 5.54 Å². The lowest BCUT2D eigenvalue weighted by atomic mass is 9.69. The molecule has 1 heterocycles. The van der Waals surface area contributed by atoms with Gasteiger partial charge >= 0.3 is 0 Å². The van der Waals surface area contributed by atoms with E-state index in [2.05, 4.69) is 369 Å². The molecule has 146 heavy (non-hydrogen) atoms. The predicted octanol–water partition coefficient (Wildman–Crippen LogP) is 42.5. The number of nitrogens with one attached hydrogen (secondary N) is 6. The molecule has 0 aromatic carbocycles. The molecule has 7 aliphatic carbocycles. The normalized spacial score (nSPS) is 25.4. The molecule has 0 aromatic rings. The Balaban J connectivity index is 0.000000837. The number of hydrogen-bond donors (Lipinski definition) is 6. The molecule has 7 saturated carbocycles. The van der Waals surface area contributed by atoms with E-state index in [9.17, 15) is 0 Å². The topological polar surface area (TPSA) is 75.4 Å². The minimum Gasteiger partial charge on any atom is -0.314 e. The molecule has 876 valence electrons. The minimum atomic E-state index is 0.277. The Bertz CT molecular complexity index is 3040. The third-order valence-electron chi connectivity index (χ3n) is 36.8. The van der Waals surface area contributed by atoms with Gasteiger partial charge < -0.3 is 31.9 Å². The SMILES string of the molecule is CC(C)(C)C1CCN(C(C)(C)C)CC1.CC(C)(C)CCCC1CCC(C(C)(C)C)CC1.CC(C)(C)CCCCCCCNC1CCC(C(C)(C)C)CC1.CC(C)(C)CCCCCCNC1CCC(C(C)(C)C)CC1.CC(C)(C)CCCCCNC1CCC(C(C)(C)C)CC1.CC(C)(C)CCCCNC1CCC(C(C)(C)C)CC1.CC(C)(C)CCCNC1CCC(C(C)(C)C)CC1.CC(C)(C)NC1CCC(C(C)(C)C)CC1. The highest BCUT2D eigenvalue weighted by atomic mass is 15.2. The molecule has 0 radical (unpaired) electrons. The number of unbranched alkanes of at least 4 members (excludes halogenated alkanes) is 10. The van der Waals surface area contributed by atoms with Crippen LogP contribution in [-0.4, -0.2) is 98.0 Å². The highest BCUT2D eigenvalue weighted by Gasteiger charge is 2.39. The summed E-state index contributed by atoms with van der Waals surface area (Å²) < 4.78 is 0. The molecule has 0 amide bonds.